The zero-order valence-electron chi connectivity index (χ0n) is 20.8. The molecule has 1 amide bonds. The molecule has 6 nitrogen and oxygen atoms in total. The van der Waals surface area contributed by atoms with E-state index in [1.165, 1.54) is 36.5 Å². The van der Waals surface area contributed by atoms with Gasteiger partial charge in [0.1, 0.15) is 11.6 Å². The zero-order chi connectivity index (χ0) is 27.5. The lowest BCUT2D eigenvalue weighted by atomic mass is 9.82. The number of carbonyl (C=O) groups excluding carboxylic acids is 1. The Hall–Kier alpha value is -3.66. The summed E-state index contributed by atoms with van der Waals surface area (Å²) in [5, 5.41) is 12.0. The number of pyridine rings is 1. The van der Waals surface area contributed by atoms with Crippen molar-refractivity contribution in [2.45, 2.75) is 40.3 Å². The highest BCUT2D eigenvalue weighted by Crippen LogP contribution is 2.46. The molecule has 1 heterocycles. The number of H-pyrrole nitrogens is 1. The van der Waals surface area contributed by atoms with Crippen molar-refractivity contribution >= 4 is 11.6 Å². The molecule has 3 N–H and O–H groups in total. The van der Waals surface area contributed by atoms with Gasteiger partial charge in [0, 0.05) is 48.2 Å². The third kappa shape index (κ3) is 6.37. The molecule has 198 valence electrons. The largest absolute Gasteiger partial charge is 0.493 e. The van der Waals surface area contributed by atoms with Gasteiger partial charge >= 0.3 is 6.18 Å². The first-order valence-electron chi connectivity index (χ1n) is 11.5. The first kappa shape index (κ1) is 27.9. The summed E-state index contributed by atoms with van der Waals surface area (Å²) in [5.41, 5.74) is -3.00. The van der Waals surface area contributed by atoms with E-state index in [0.717, 1.165) is 13.0 Å². The van der Waals surface area contributed by atoms with Crippen molar-refractivity contribution in [3.8, 4) is 28.0 Å². The summed E-state index contributed by atoms with van der Waals surface area (Å²) < 4.78 is 64.6. The van der Waals surface area contributed by atoms with Gasteiger partial charge in [-0.05, 0) is 42.0 Å². The number of carbonyl (C=O) groups is 1. The molecule has 0 radical (unpaired) electrons. The van der Waals surface area contributed by atoms with Crippen molar-refractivity contribution in [2.75, 3.05) is 18.5 Å². The third-order valence-corrected chi connectivity index (χ3v) is 5.72. The van der Waals surface area contributed by atoms with Crippen LogP contribution in [0.15, 0.2) is 47.4 Å². The van der Waals surface area contributed by atoms with Crippen molar-refractivity contribution in [3.05, 3.63) is 69.9 Å². The molecule has 0 unspecified atom stereocenters. The fraction of sp³-hybridized carbons (Fsp3) is 0.333. The van der Waals surface area contributed by atoms with E-state index in [4.69, 9.17) is 4.74 Å². The van der Waals surface area contributed by atoms with Crippen LogP contribution in [0.4, 0.5) is 23.2 Å². The molecule has 3 aromatic rings. The molecule has 0 aliphatic heterocycles. The Bertz CT molecular complexity index is 1360. The molecule has 0 spiro atoms. The van der Waals surface area contributed by atoms with Gasteiger partial charge in [0.05, 0.1) is 12.2 Å². The molecule has 2 aromatic carbocycles. The molecule has 0 aliphatic carbocycles. The predicted octanol–water partition coefficient (Wildman–Crippen LogP) is 5.78. The van der Waals surface area contributed by atoms with E-state index >= 15 is 4.39 Å². The second-order valence-corrected chi connectivity index (χ2v) is 9.40. The number of alkyl halides is 3. The Morgan fingerprint density at radius 1 is 1.11 bits per heavy atom. The number of amides is 1. The summed E-state index contributed by atoms with van der Waals surface area (Å²) in [7, 11) is 0. The second kappa shape index (κ2) is 10.8. The maximum Gasteiger partial charge on any atom is 0.417 e. The van der Waals surface area contributed by atoms with E-state index in [-0.39, 0.29) is 47.8 Å². The minimum Gasteiger partial charge on any atom is -0.493 e. The minimum absolute atomic E-state index is 0.138. The van der Waals surface area contributed by atoms with Crippen LogP contribution in [0.5, 0.6) is 5.75 Å². The Labute approximate surface area is 211 Å². The Morgan fingerprint density at radius 3 is 2.38 bits per heavy atom. The van der Waals surface area contributed by atoms with E-state index < -0.39 is 40.0 Å². The summed E-state index contributed by atoms with van der Waals surface area (Å²) in [4.78, 5) is 26.0. The Morgan fingerprint density at radius 2 is 1.81 bits per heavy atom. The van der Waals surface area contributed by atoms with Gasteiger partial charge < -0.3 is 20.1 Å². The van der Waals surface area contributed by atoms with Crippen molar-refractivity contribution < 1.29 is 32.2 Å². The van der Waals surface area contributed by atoms with Gasteiger partial charge in [-0.25, -0.2) is 4.39 Å². The van der Waals surface area contributed by atoms with Crippen LogP contribution in [0, 0.1) is 11.2 Å². The monoisotopic (exact) mass is 520 g/mol. The number of halogens is 4. The summed E-state index contributed by atoms with van der Waals surface area (Å²) in [6, 6.07) is 7.40. The highest BCUT2D eigenvalue weighted by molar-refractivity contribution is 5.96. The van der Waals surface area contributed by atoms with Crippen LogP contribution in [-0.2, 0) is 17.4 Å². The topological polar surface area (TPSA) is 91.4 Å². The highest BCUT2D eigenvalue weighted by Gasteiger charge is 2.39. The summed E-state index contributed by atoms with van der Waals surface area (Å²) in [6.07, 6.45) is -3.69. The molecule has 0 bridgehead atoms. The lowest BCUT2D eigenvalue weighted by molar-refractivity contribution is -0.137. The molecular formula is C27H28F4N2O4. The van der Waals surface area contributed by atoms with Crippen LogP contribution in [0.1, 0.15) is 38.8 Å². The van der Waals surface area contributed by atoms with Crippen molar-refractivity contribution in [2.24, 2.45) is 5.41 Å². The van der Waals surface area contributed by atoms with Crippen molar-refractivity contribution in [1.29, 1.82) is 0 Å². The maximum atomic E-state index is 15.6. The first-order valence-corrected chi connectivity index (χ1v) is 11.5. The smallest absolute Gasteiger partial charge is 0.417 e. The molecule has 37 heavy (non-hydrogen) atoms. The number of aromatic amines is 1. The minimum atomic E-state index is -4.89. The average molecular weight is 521 g/mol. The molecule has 0 aliphatic rings. The van der Waals surface area contributed by atoms with E-state index in [1.54, 1.807) is 20.8 Å². The molecular weight excluding hydrogens is 492 g/mol. The van der Waals surface area contributed by atoms with Gasteiger partial charge in [-0.2, -0.15) is 13.2 Å². The highest BCUT2D eigenvalue weighted by atomic mass is 19.4. The van der Waals surface area contributed by atoms with Gasteiger partial charge in [-0.15, -0.1) is 0 Å². The quantitative estimate of drug-likeness (QED) is 0.328. The van der Waals surface area contributed by atoms with E-state index in [2.05, 4.69) is 10.3 Å². The van der Waals surface area contributed by atoms with E-state index in [9.17, 15) is 27.9 Å². The fourth-order valence-corrected chi connectivity index (χ4v) is 4.10. The van der Waals surface area contributed by atoms with Crippen LogP contribution in [0.25, 0.3) is 22.3 Å². The maximum absolute atomic E-state index is 15.6. The van der Waals surface area contributed by atoms with Gasteiger partial charge in [0.25, 0.3) is 5.56 Å². The SMILES string of the molecule is CCOc1cc(=O)[nH]cc1-c1ccc(-c2c(NC(C)=O)ccc(CC(C)(C)CO)c2C(F)(F)F)c(F)c1. The van der Waals surface area contributed by atoms with Crippen LogP contribution < -0.4 is 15.6 Å². The molecule has 0 saturated heterocycles. The number of anilines is 1. The lowest BCUT2D eigenvalue weighted by Crippen LogP contribution is -2.23. The normalized spacial score (nSPS) is 11.9. The van der Waals surface area contributed by atoms with Gasteiger partial charge in [-0.3, -0.25) is 9.59 Å². The Balaban J connectivity index is 2.29. The standard InChI is InChI=1S/C27H28F4N2O4/c1-5-37-22-11-23(36)32-13-19(22)16-6-8-18(20(28)10-16)24-21(33-15(2)35)9-7-17(12-26(3,4)14-34)25(24)27(29,30)31/h6-11,13,34H,5,12,14H2,1-4H3,(H,32,36)(H,33,35). The number of hydrogen-bond donors (Lipinski definition) is 3. The third-order valence-electron chi connectivity index (χ3n) is 5.72. The van der Waals surface area contributed by atoms with E-state index in [1.807, 2.05) is 0 Å². The number of benzene rings is 2. The van der Waals surface area contributed by atoms with Crippen LogP contribution >= 0.6 is 0 Å². The summed E-state index contributed by atoms with van der Waals surface area (Å²) >= 11 is 0. The number of hydrogen-bond acceptors (Lipinski definition) is 4. The zero-order valence-corrected chi connectivity index (χ0v) is 20.8. The first-order chi connectivity index (χ1) is 17.3. The Kier molecular flexibility index (Phi) is 8.12. The second-order valence-electron chi connectivity index (χ2n) is 9.40. The molecule has 3 rings (SSSR count). The van der Waals surface area contributed by atoms with Crippen molar-refractivity contribution in [3.63, 3.8) is 0 Å². The number of aliphatic hydroxyl groups excluding tert-OH is 1. The van der Waals surface area contributed by atoms with E-state index in [0.29, 0.717) is 5.56 Å². The number of rotatable bonds is 8. The predicted molar refractivity (Wildman–Crippen MR) is 133 cm³/mol. The molecule has 0 atom stereocenters. The summed E-state index contributed by atoms with van der Waals surface area (Å²) in [5.74, 6) is -1.40. The molecule has 10 heteroatoms. The van der Waals surface area contributed by atoms with Crippen molar-refractivity contribution in [1.82, 2.24) is 4.98 Å². The van der Waals surface area contributed by atoms with Crippen LogP contribution in [-0.4, -0.2) is 29.2 Å². The molecule has 0 saturated carbocycles. The van der Waals surface area contributed by atoms with Gasteiger partial charge in [0.15, 0.2) is 0 Å². The number of nitrogens with one attached hydrogen (secondary N) is 2. The number of aromatic nitrogens is 1. The number of aliphatic hydroxyl groups is 1. The van der Waals surface area contributed by atoms with Gasteiger partial charge in [0.2, 0.25) is 5.91 Å². The lowest BCUT2D eigenvalue weighted by Gasteiger charge is -2.27. The van der Waals surface area contributed by atoms with Gasteiger partial charge in [-0.1, -0.05) is 32.0 Å². The van der Waals surface area contributed by atoms with Crippen LogP contribution in [0.3, 0.4) is 0 Å². The average Bonchev–Trinajstić information content (AvgIpc) is 2.79. The summed E-state index contributed by atoms with van der Waals surface area (Å²) in [6.45, 7) is 5.96. The molecule has 1 aromatic heterocycles. The van der Waals surface area contributed by atoms with Crippen LogP contribution in [0.2, 0.25) is 0 Å². The molecule has 0 fully saturated rings. The number of ether oxygens (including phenoxy) is 1. The fourth-order valence-electron chi connectivity index (χ4n) is 4.10.